The van der Waals surface area contributed by atoms with Crippen LogP contribution >= 0.6 is 27.5 Å². The molecule has 0 unspecified atom stereocenters. The van der Waals surface area contributed by atoms with Crippen LogP contribution in [0.5, 0.6) is 5.75 Å². The van der Waals surface area contributed by atoms with Crippen LogP contribution in [0.3, 0.4) is 0 Å². The van der Waals surface area contributed by atoms with E-state index in [0.29, 0.717) is 23.9 Å². The molecule has 104 valence electrons. The molecular weight excluding hydrogens is 345 g/mol. The Morgan fingerprint density at radius 2 is 2.10 bits per heavy atom. The van der Waals surface area contributed by atoms with Crippen LogP contribution in [0.2, 0.25) is 5.02 Å². The lowest BCUT2D eigenvalue weighted by Crippen LogP contribution is -2.02. The SMILES string of the molecule is Fc1cc(Cl)cc(NCc2cc(Br)cc3c2OCC3)c1. The van der Waals surface area contributed by atoms with Gasteiger partial charge in [-0.3, -0.25) is 0 Å². The standard InChI is InChI=1S/C15H12BrClFNO/c16-11-3-9-1-2-20-15(9)10(4-11)8-19-14-6-12(17)5-13(18)7-14/h3-7,19H,1-2,8H2. The van der Waals surface area contributed by atoms with Crippen LogP contribution in [-0.4, -0.2) is 6.61 Å². The topological polar surface area (TPSA) is 21.3 Å². The van der Waals surface area contributed by atoms with Crippen LogP contribution in [-0.2, 0) is 13.0 Å². The summed E-state index contributed by atoms with van der Waals surface area (Å²) < 4.78 is 20.0. The van der Waals surface area contributed by atoms with E-state index in [-0.39, 0.29) is 5.82 Å². The molecule has 0 radical (unpaired) electrons. The predicted molar refractivity (Wildman–Crippen MR) is 82.1 cm³/mol. The maximum atomic E-state index is 13.3. The van der Waals surface area contributed by atoms with Gasteiger partial charge in [-0.15, -0.1) is 0 Å². The van der Waals surface area contributed by atoms with E-state index < -0.39 is 0 Å². The van der Waals surface area contributed by atoms with Gasteiger partial charge in [-0.2, -0.15) is 0 Å². The van der Waals surface area contributed by atoms with Gasteiger partial charge in [-0.05, 0) is 35.9 Å². The number of hydrogen-bond acceptors (Lipinski definition) is 2. The van der Waals surface area contributed by atoms with Crippen LogP contribution in [0.4, 0.5) is 10.1 Å². The van der Waals surface area contributed by atoms with Crippen LogP contribution in [0.15, 0.2) is 34.8 Å². The zero-order chi connectivity index (χ0) is 14.1. The minimum absolute atomic E-state index is 0.351. The van der Waals surface area contributed by atoms with E-state index in [0.717, 1.165) is 22.2 Å². The third-order valence-corrected chi connectivity index (χ3v) is 3.85. The average molecular weight is 357 g/mol. The van der Waals surface area contributed by atoms with Gasteiger partial charge in [0.25, 0.3) is 0 Å². The number of benzene rings is 2. The van der Waals surface area contributed by atoms with Gasteiger partial charge in [0.2, 0.25) is 0 Å². The van der Waals surface area contributed by atoms with E-state index in [1.165, 1.54) is 17.7 Å². The first-order chi connectivity index (χ1) is 9.61. The van der Waals surface area contributed by atoms with Gasteiger partial charge in [-0.1, -0.05) is 27.5 Å². The molecule has 1 heterocycles. The Kier molecular flexibility index (Phi) is 3.85. The summed E-state index contributed by atoms with van der Waals surface area (Å²) in [6, 6.07) is 8.49. The molecule has 0 spiro atoms. The highest BCUT2D eigenvalue weighted by Gasteiger charge is 2.17. The lowest BCUT2D eigenvalue weighted by atomic mass is 10.1. The van der Waals surface area contributed by atoms with Crippen LogP contribution in [0.25, 0.3) is 0 Å². The summed E-state index contributed by atoms with van der Waals surface area (Å²) in [5, 5.41) is 3.55. The first kappa shape index (κ1) is 13.7. The highest BCUT2D eigenvalue weighted by atomic mass is 79.9. The molecule has 0 aliphatic carbocycles. The number of halogens is 3. The van der Waals surface area contributed by atoms with Gasteiger partial charge >= 0.3 is 0 Å². The highest BCUT2D eigenvalue weighted by molar-refractivity contribution is 9.10. The van der Waals surface area contributed by atoms with Gasteiger partial charge in [-0.25, -0.2) is 4.39 Å². The summed E-state index contributed by atoms with van der Waals surface area (Å²) in [6.45, 7) is 1.27. The second-order valence-corrected chi connectivity index (χ2v) is 6.02. The van der Waals surface area contributed by atoms with Crippen molar-refractivity contribution in [3.05, 3.63) is 56.8 Å². The molecule has 20 heavy (non-hydrogen) atoms. The summed E-state index contributed by atoms with van der Waals surface area (Å²) in [5.41, 5.74) is 2.91. The molecule has 0 bridgehead atoms. The van der Waals surface area contributed by atoms with Gasteiger partial charge in [0.1, 0.15) is 11.6 Å². The molecule has 3 rings (SSSR count). The van der Waals surface area contributed by atoms with Crippen molar-refractivity contribution in [1.82, 2.24) is 0 Å². The fraction of sp³-hybridized carbons (Fsp3) is 0.200. The quantitative estimate of drug-likeness (QED) is 0.854. The molecule has 2 nitrogen and oxygen atoms in total. The van der Waals surface area contributed by atoms with Crippen LogP contribution in [0, 0.1) is 5.82 Å². The lowest BCUT2D eigenvalue weighted by Gasteiger charge is -2.11. The summed E-state index contributed by atoms with van der Waals surface area (Å²) in [6.07, 6.45) is 0.924. The van der Waals surface area contributed by atoms with Gasteiger partial charge < -0.3 is 10.1 Å². The van der Waals surface area contributed by atoms with Crippen LogP contribution in [0.1, 0.15) is 11.1 Å². The first-order valence-corrected chi connectivity index (χ1v) is 7.43. The van der Waals surface area contributed by atoms with Crippen molar-refractivity contribution in [2.24, 2.45) is 0 Å². The zero-order valence-corrected chi connectivity index (χ0v) is 12.9. The van der Waals surface area contributed by atoms with E-state index in [1.807, 2.05) is 6.07 Å². The number of rotatable bonds is 3. The molecule has 0 saturated carbocycles. The fourth-order valence-corrected chi connectivity index (χ4v) is 3.10. The minimum Gasteiger partial charge on any atom is -0.493 e. The molecule has 2 aromatic carbocycles. The van der Waals surface area contributed by atoms with Crippen molar-refractivity contribution in [3.8, 4) is 5.75 Å². The summed E-state index contributed by atoms with van der Waals surface area (Å²) in [5.74, 6) is 0.582. The Morgan fingerprint density at radius 1 is 1.25 bits per heavy atom. The minimum atomic E-state index is -0.351. The molecule has 1 aliphatic rings. The highest BCUT2D eigenvalue weighted by Crippen LogP contribution is 2.33. The third-order valence-electron chi connectivity index (χ3n) is 3.17. The molecule has 2 aromatic rings. The number of hydrogen-bond donors (Lipinski definition) is 1. The maximum Gasteiger partial charge on any atom is 0.127 e. The molecule has 0 atom stereocenters. The maximum absolute atomic E-state index is 13.3. The Bertz CT molecular complexity index is 642. The van der Waals surface area contributed by atoms with Crippen molar-refractivity contribution in [2.45, 2.75) is 13.0 Å². The first-order valence-electron chi connectivity index (χ1n) is 6.26. The van der Waals surface area contributed by atoms with Gasteiger partial charge in [0.05, 0.1) is 6.61 Å². The smallest absolute Gasteiger partial charge is 0.127 e. The monoisotopic (exact) mass is 355 g/mol. The van der Waals surface area contributed by atoms with E-state index >= 15 is 0 Å². The van der Waals surface area contributed by atoms with Gasteiger partial charge in [0.15, 0.2) is 0 Å². The fourth-order valence-electron chi connectivity index (χ4n) is 2.33. The summed E-state index contributed by atoms with van der Waals surface area (Å²) in [4.78, 5) is 0. The molecule has 5 heteroatoms. The second-order valence-electron chi connectivity index (χ2n) is 4.66. The van der Waals surface area contributed by atoms with Crippen molar-refractivity contribution < 1.29 is 9.13 Å². The number of nitrogens with one attached hydrogen (secondary N) is 1. The molecule has 0 aromatic heterocycles. The molecule has 0 saturated heterocycles. The Hall–Kier alpha value is -1.26. The lowest BCUT2D eigenvalue weighted by molar-refractivity contribution is 0.354. The van der Waals surface area contributed by atoms with Crippen molar-refractivity contribution >= 4 is 33.2 Å². The Balaban J connectivity index is 1.82. The molecular formula is C15H12BrClFNO. The van der Waals surface area contributed by atoms with E-state index in [1.54, 1.807) is 6.07 Å². The van der Waals surface area contributed by atoms with E-state index in [9.17, 15) is 4.39 Å². The summed E-state index contributed by atoms with van der Waals surface area (Å²) in [7, 11) is 0. The second kappa shape index (κ2) is 5.62. The summed E-state index contributed by atoms with van der Waals surface area (Å²) >= 11 is 9.34. The molecule has 0 amide bonds. The number of anilines is 1. The predicted octanol–water partition coefficient (Wildman–Crippen LogP) is 4.79. The zero-order valence-electron chi connectivity index (χ0n) is 10.6. The third kappa shape index (κ3) is 2.91. The van der Waals surface area contributed by atoms with Gasteiger partial charge in [0, 0.05) is 33.7 Å². The van der Waals surface area contributed by atoms with Crippen LogP contribution < -0.4 is 10.1 Å². The largest absolute Gasteiger partial charge is 0.493 e. The Labute approximate surface area is 130 Å². The normalized spacial score (nSPS) is 12.9. The van der Waals surface area contributed by atoms with Crippen molar-refractivity contribution in [1.29, 1.82) is 0 Å². The molecule has 1 aliphatic heterocycles. The number of ether oxygens (including phenoxy) is 1. The number of fused-ring (bicyclic) bond motifs is 1. The van der Waals surface area contributed by atoms with E-state index in [4.69, 9.17) is 16.3 Å². The van der Waals surface area contributed by atoms with E-state index in [2.05, 4.69) is 27.3 Å². The Morgan fingerprint density at radius 3 is 2.90 bits per heavy atom. The molecule has 1 N–H and O–H groups in total. The average Bonchev–Trinajstić information content (AvgIpc) is 2.82. The van der Waals surface area contributed by atoms with Crippen molar-refractivity contribution in [2.75, 3.05) is 11.9 Å². The molecule has 0 fully saturated rings. The van der Waals surface area contributed by atoms with Crippen molar-refractivity contribution in [3.63, 3.8) is 0 Å².